The van der Waals surface area contributed by atoms with Crippen LogP contribution < -0.4 is 14.4 Å². The van der Waals surface area contributed by atoms with Gasteiger partial charge in [-0.1, -0.05) is 11.3 Å². The molecule has 1 N–H and O–H groups in total. The molecule has 4 aromatic rings. The van der Waals surface area contributed by atoms with Crippen LogP contribution in [-0.4, -0.2) is 36.0 Å². The van der Waals surface area contributed by atoms with Crippen LogP contribution in [0.25, 0.3) is 16.0 Å². The van der Waals surface area contributed by atoms with Gasteiger partial charge in [0.25, 0.3) is 5.78 Å². The van der Waals surface area contributed by atoms with E-state index >= 15 is 0 Å². The standard InChI is InChI=1S/C24H18N2O6S/c1-30-14-7-5-13(6-8-14)21(27)19-20(17-4-3-11-32-17)26(23(29)22(19)28)24-25-16-10-9-15(31-2)12-18(16)33-24/h3-12,20,27H,1-2H3/b21-19+. The van der Waals surface area contributed by atoms with E-state index in [0.29, 0.717) is 33.5 Å². The van der Waals surface area contributed by atoms with Gasteiger partial charge >= 0.3 is 5.91 Å². The first-order chi connectivity index (χ1) is 16.0. The number of aliphatic hydroxyl groups is 1. The zero-order chi connectivity index (χ0) is 23.1. The number of rotatable bonds is 5. The lowest BCUT2D eigenvalue weighted by Gasteiger charge is -2.20. The molecule has 1 aliphatic heterocycles. The van der Waals surface area contributed by atoms with Crippen molar-refractivity contribution in [2.24, 2.45) is 0 Å². The molecule has 3 heterocycles. The monoisotopic (exact) mass is 462 g/mol. The van der Waals surface area contributed by atoms with E-state index in [0.717, 1.165) is 4.70 Å². The zero-order valence-corrected chi connectivity index (χ0v) is 18.5. The fourth-order valence-corrected chi connectivity index (χ4v) is 4.79. The Morgan fingerprint density at radius 3 is 2.45 bits per heavy atom. The molecule has 1 amide bonds. The second-order valence-corrected chi connectivity index (χ2v) is 8.25. The van der Waals surface area contributed by atoms with Crippen molar-refractivity contribution in [2.45, 2.75) is 6.04 Å². The Morgan fingerprint density at radius 2 is 1.79 bits per heavy atom. The van der Waals surface area contributed by atoms with Gasteiger partial charge in [0.2, 0.25) is 0 Å². The Balaban J connectivity index is 1.67. The summed E-state index contributed by atoms with van der Waals surface area (Å²) in [6, 6.07) is 14.3. The molecule has 1 atom stereocenters. The van der Waals surface area contributed by atoms with Crippen molar-refractivity contribution in [2.75, 3.05) is 19.1 Å². The molecule has 8 nitrogen and oxygen atoms in total. The minimum atomic E-state index is -0.968. The molecule has 1 unspecified atom stereocenters. The largest absolute Gasteiger partial charge is 0.507 e. The molecule has 0 spiro atoms. The highest BCUT2D eigenvalue weighted by molar-refractivity contribution is 7.22. The highest BCUT2D eigenvalue weighted by Gasteiger charge is 2.49. The molecule has 5 rings (SSSR count). The molecular weight excluding hydrogens is 444 g/mol. The van der Waals surface area contributed by atoms with Crippen LogP contribution in [0.1, 0.15) is 17.4 Å². The molecule has 0 bridgehead atoms. The van der Waals surface area contributed by atoms with Crippen molar-refractivity contribution < 1.29 is 28.6 Å². The maximum atomic E-state index is 13.2. The molecular formula is C24H18N2O6S. The molecule has 0 radical (unpaired) electrons. The van der Waals surface area contributed by atoms with Crippen molar-refractivity contribution in [3.63, 3.8) is 0 Å². The Labute approximate surface area is 192 Å². The van der Waals surface area contributed by atoms with Crippen LogP contribution in [0, 0.1) is 0 Å². The van der Waals surface area contributed by atoms with Crippen LogP contribution in [0.4, 0.5) is 5.13 Å². The normalized spacial score (nSPS) is 17.6. The number of hydrogen-bond acceptors (Lipinski definition) is 8. The van der Waals surface area contributed by atoms with Crippen molar-refractivity contribution in [1.29, 1.82) is 0 Å². The highest BCUT2D eigenvalue weighted by Crippen LogP contribution is 2.44. The van der Waals surface area contributed by atoms with E-state index in [2.05, 4.69) is 4.98 Å². The summed E-state index contributed by atoms with van der Waals surface area (Å²) < 4.78 is 16.8. The molecule has 0 saturated carbocycles. The third-order valence-electron chi connectivity index (χ3n) is 5.41. The Bertz CT molecular complexity index is 1390. The molecule has 1 saturated heterocycles. The number of Topliss-reactive ketones (excluding diaryl/α,β-unsaturated/α-hetero) is 1. The summed E-state index contributed by atoms with van der Waals surface area (Å²) in [6.45, 7) is 0. The predicted molar refractivity (Wildman–Crippen MR) is 123 cm³/mol. The topological polar surface area (TPSA) is 102 Å². The number of carbonyl (C=O) groups excluding carboxylic acids is 2. The van der Waals surface area contributed by atoms with E-state index < -0.39 is 17.7 Å². The van der Waals surface area contributed by atoms with Gasteiger partial charge in [-0.15, -0.1) is 0 Å². The summed E-state index contributed by atoms with van der Waals surface area (Å²) in [4.78, 5) is 32.1. The number of hydrogen-bond donors (Lipinski definition) is 1. The molecule has 2 aromatic carbocycles. The third kappa shape index (κ3) is 3.42. The molecule has 9 heteroatoms. The number of anilines is 1. The molecule has 0 aliphatic carbocycles. The third-order valence-corrected chi connectivity index (χ3v) is 6.43. The second kappa shape index (κ2) is 8.10. The second-order valence-electron chi connectivity index (χ2n) is 7.24. The van der Waals surface area contributed by atoms with Gasteiger partial charge in [0.1, 0.15) is 29.1 Å². The first-order valence-corrected chi connectivity index (χ1v) is 10.8. The first-order valence-electron chi connectivity index (χ1n) is 9.95. The number of ketones is 1. The number of thiazole rings is 1. The summed E-state index contributed by atoms with van der Waals surface area (Å²) in [7, 11) is 3.10. The average Bonchev–Trinajstić information content (AvgIpc) is 3.57. The predicted octanol–water partition coefficient (Wildman–Crippen LogP) is 4.53. The molecule has 1 aliphatic rings. The smallest absolute Gasteiger partial charge is 0.302 e. The summed E-state index contributed by atoms with van der Waals surface area (Å²) in [5.41, 5.74) is 0.961. The summed E-state index contributed by atoms with van der Waals surface area (Å²) >= 11 is 1.24. The van der Waals surface area contributed by atoms with Crippen molar-refractivity contribution in [1.82, 2.24) is 4.98 Å². The maximum absolute atomic E-state index is 13.2. The fraction of sp³-hybridized carbons (Fsp3) is 0.125. The number of ether oxygens (including phenoxy) is 2. The average molecular weight is 462 g/mol. The first kappa shape index (κ1) is 20.8. The van der Waals surface area contributed by atoms with Crippen LogP contribution in [0.3, 0.4) is 0 Å². The number of amides is 1. The molecule has 166 valence electrons. The van der Waals surface area contributed by atoms with Crippen LogP contribution in [0.5, 0.6) is 11.5 Å². The molecule has 2 aromatic heterocycles. The van der Waals surface area contributed by atoms with E-state index in [1.54, 1.807) is 55.6 Å². The molecule has 1 fully saturated rings. The van der Waals surface area contributed by atoms with Crippen LogP contribution >= 0.6 is 11.3 Å². The number of benzene rings is 2. The summed E-state index contributed by atoms with van der Waals surface area (Å²) in [5, 5.41) is 11.4. The highest BCUT2D eigenvalue weighted by atomic mass is 32.1. The number of carbonyl (C=O) groups is 2. The minimum absolute atomic E-state index is 0.0723. The number of furan rings is 1. The lowest BCUT2D eigenvalue weighted by Crippen LogP contribution is -2.29. The minimum Gasteiger partial charge on any atom is -0.507 e. The van der Waals surface area contributed by atoms with Gasteiger partial charge in [0.05, 0.1) is 36.3 Å². The van der Waals surface area contributed by atoms with E-state index in [1.165, 1.54) is 29.6 Å². The van der Waals surface area contributed by atoms with Gasteiger partial charge < -0.3 is 19.0 Å². The van der Waals surface area contributed by atoms with Crippen LogP contribution in [-0.2, 0) is 9.59 Å². The van der Waals surface area contributed by atoms with E-state index in [-0.39, 0.29) is 11.3 Å². The zero-order valence-electron chi connectivity index (χ0n) is 17.6. The number of aromatic nitrogens is 1. The van der Waals surface area contributed by atoms with E-state index in [4.69, 9.17) is 13.9 Å². The van der Waals surface area contributed by atoms with Gasteiger partial charge in [-0.3, -0.25) is 14.5 Å². The van der Waals surface area contributed by atoms with E-state index in [1.807, 2.05) is 6.07 Å². The lowest BCUT2D eigenvalue weighted by molar-refractivity contribution is -0.132. The van der Waals surface area contributed by atoms with E-state index in [9.17, 15) is 14.7 Å². The number of methoxy groups -OCH3 is 2. The van der Waals surface area contributed by atoms with Gasteiger partial charge in [-0.25, -0.2) is 4.98 Å². The van der Waals surface area contributed by atoms with Crippen molar-refractivity contribution >= 4 is 44.1 Å². The van der Waals surface area contributed by atoms with Crippen molar-refractivity contribution in [3.8, 4) is 11.5 Å². The maximum Gasteiger partial charge on any atom is 0.302 e. The summed E-state index contributed by atoms with van der Waals surface area (Å²) in [6.07, 6.45) is 1.45. The Morgan fingerprint density at radius 1 is 1.06 bits per heavy atom. The quantitative estimate of drug-likeness (QED) is 0.264. The summed E-state index contributed by atoms with van der Waals surface area (Å²) in [5.74, 6) is -0.329. The number of fused-ring (bicyclic) bond motifs is 1. The Hall–Kier alpha value is -4.11. The van der Waals surface area contributed by atoms with Crippen LogP contribution in [0.15, 0.2) is 70.9 Å². The number of aliphatic hydroxyl groups excluding tert-OH is 1. The van der Waals surface area contributed by atoms with Gasteiger partial charge in [0.15, 0.2) is 5.13 Å². The lowest BCUT2D eigenvalue weighted by atomic mass is 9.99. The van der Waals surface area contributed by atoms with Gasteiger partial charge in [-0.2, -0.15) is 0 Å². The Kier molecular flexibility index (Phi) is 5.10. The van der Waals surface area contributed by atoms with Gasteiger partial charge in [0, 0.05) is 5.56 Å². The molecule has 33 heavy (non-hydrogen) atoms. The SMILES string of the molecule is COc1ccc(/C(O)=C2\C(=O)C(=O)N(c3nc4ccc(OC)cc4s3)C2c2ccco2)cc1. The van der Waals surface area contributed by atoms with Crippen molar-refractivity contribution in [3.05, 3.63) is 77.8 Å². The van der Waals surface area contributed by atoms with Gasteiger partial charge in [-0.05, 0) is 54.6 Å². The van der Waals surface area contributed by atoms with Crippen LogP contribution in [0.2, 0.25) is 0 Å². The fourth-order valence-electron chi connectivity index (χ4n) is 3.77. The number of nitrogens with zero attached hydrogens (tertiary/aromatic N) is 2.